The van der Waals surface area contributed by atoms with Gasteiger partial charge in [-0.15, -0.1) is 0 Å². The van der Waals surface area contributed by atoms with Gasteiger partial charge < -0.3 is 4.74 Å². The number of unbranched alkanes of at least 4 members (excludes halogenated alkanes) is 15. The van der Waals surface area contributed by atoms with E-state index in [0.717, 1.165) is 12.8 Å². The molecule has 0 saturated heterocycles. The van der Waals surface area contributed by atoms with Crippen LogP contribution in [0, 0.1) is 0 Å². The van der Waals surface area contributed by atoms with Crippen LogP contribution in [0.1, 0.15) is 122 Å². The average Bonchev–Trinajstić information content (AvgIpc) is 2.68. The Kier molecular flexibility index (Phi) is 23.2. The first-order valence-corrected chi connectivity index (χ1v) is 12.4. The van der Waals surface area contributed by atoms with Crippen LogP contribution >= 0.6 is 12.6 Å². The van der Waals surface area contributed by atoms with Crippen LogP contribution in [0.5, 0.6) is 0 Å². The Morgan fingerprint density at radius 3 is 1.63 bits per heavy atom. The SMILES string of the molecule is CCCCCCCCCCCCCCCC/C=C/CCCC(=O)OCCS. The highest BCUT2D eigenvalue weighted by Gasteiger charge is 2.00. The van der Waals surface area contributed by atoms with Crippen molar-refractivity contribution in [2.45, 2.75) is 122 Å². The van der Waals surface area contributed by atoms with Crippen molar-refractivity contribution in [3.05, 3.63) is 12.2 Å². The van der Waals surface area contributed by atoms with Crippen LogP contribution in [0.15, 0.2) is 12.2 Å². The molecule has 0 spiro atoms. The Hall–Kier alpha value is -0.440. The van der Waals surface area contributed by atoms with E-state index in [0.29, 0.717) is 18.8 Å². The van der Waals surface area contributed by atoms with E-state index in [-0.39, 0.29) is 5.97 Å². The third-order valence-electron chi connectivity index (χ3n) is 5.00. The number of carbonyl (C=O) groups excluding carboxylic acids is 1. The average molecular weight is 399 g/mol. The molecule has 0 fully saturated rings. The zero-order valence-corrected chi connectivity index (χ0v) is 19.0. The zero-order valence-electron chi connectivity index (χ0n) is 18.1. The molecule has 0 unspecified atom stereocenters. The third-order valence-corrected chi connectivity index (χ3v) is 5.18. The maximum absolute atomic E-state index is 11.3. The summed E-state index contributed by atoms with van der Waals surface area (Å²) in [7, 11) is 0. The number of hydrogen-bond donors (Lipinski definition) is 1. The fourth-order valence-electron chi connectivity index (χ4n) is 3.29. The highest BCUT2D eigenvalue weighted by Crippen LogP contribution is 2.13. The zero-order chi connectivity index (χ0) is 19.8. The molecular formula is C24H46O2S. The standard InChI is InChI=1S/C24H46O2S/c1-2-3-4-5-6-7-8-9-10-11-12-13-14-15-16-17-18-19-20-21-24(25)26-22-23-27/h17-18,27H,2-16,19-23H2,1H3/b18-17+. The molecule has 27 heavy (non-hydrogen) atoms. The Labute approximate surface area is 175 Å². The number of hydrogen-bond acceptors (Lipinski definition) is 3. The number of esters is 1. The third kappa shape index (κ3) is 23.5. The van der Waals surface area contributed by atoms with Crippen LogP contribution < -0.4 is 0 Å². The molecule has 0 aliphatic heterocycles. The maximum Gasteiger partial charge on any atom is 0.305 e. The maximum atomic E-state index is 11.3. The first kappa shape index (κ1) is 26.6. The van der Waals surface area contributed by atoms with Gasteiger partial charge in [-0.05, 0) is 25.7 Å². The van der Waals surface area contributed by atoms with Gasteiger partial charge in [0.15, 0.2) is 0 Å². The first-order chi connectivity index (χ1) is 13.3. The highest BCUT2D eigenvalue weighted by atomic mass is 32.1. The fraction of sp³-hybridized carbons (Fsp3) is 0.875. The van der Waals surface area contributed by atoms with Gasteiger partial charge >= 0.3 is 5.97 Å². The molecule has 3 heteroatoms. The molecule has 0 atom stereocenters. The van der Waals surface area contributed by atoms with Gasteiger partial charge in [0.25, 0.3) is 0 Å². The van der Waals surface area contributed by atoms with Gasteiger partial charge in [0, 0.05) is 12.2 Å². The number of thiol groups is 1. The summed E-state index contributed by atoms with van der Waals surface area (Å²) in [5, 5.41) is 0. The molecule has 0 amide bonds. The molecule has 160 valence electrons. The lowest BCUT2D eigenvalue weighted by Gasteiger charge is -2.03. The second kappa shape index (κ2) is 23.6. The second-order valence-corrected chi connectivity index (χ2v) is 8.14. The molecule has 0 aromatic rings. The molecule has 0 aromatic heterocycles. The summed E-state index contributed by atoms with van der Waals surface area (Å²) < 4.78 is 4.99. The number of rotatable bonds is 21. The summed E-state index contributed by atoms with van der Waals surface area (Å²) in [6, 6.07) is 0. The number of carbonyl (C=O) groups is 1. The minimum Gasteiger partial charge on any atom is -0.465 e. The molecule has 0 aliphatic carbocycles. The topological polar surface area (TPSA) is 26.3 Å². The first-order valence-electron chi connectivity index (χ1n) is 11.7. The molecule has 2 nitrogen and oxygen atoms in total. The molecule has 0 rings (SSSR count). The second-order valence-electron chi connectivity index (χ2n) is 7.69. The minimum absolute atomic E-state index is 0.0931. The molecule has 0 bridgehead atoms. The molecule has 0 aliphatic rings. The Bertz CT molecular complexity index is 328. The molecule has 0 heterocycles. The van der Waals surface area contributed by atoms with Gasteiger partial charge in [0.2, 0.25) is 0 Å². The predicted octanol–water partition coefficient (Wildman–Crippen LogP) is 8.06. The van der Waals surface area contributed by atoms with E-state index in [1.807, 2.05) is 0 Å². The Balaban J connectivity index is 3.13. The van der Waals surface area contributed by atoms with Crippen molar-refractivity contribution in [2.75, 3.05) is 12.4 Å². The summed E-state index contributed by atoms with van der Waals surface area (Å²) in [6.45, 7) is 2.71. The van der Waals surface area contributed by atoms with Crippen LogP contribution in [0.2, 0.25) is 0 Å². The minimum atomic E-state index is -0.0931. The van der Waals surface area contributed by atoms with Crippen LogP contribution in [0.4, 0.5) is 0 Å². The number of allylic oxidation sites excluding steroid dienone is 2. The van der Waals surface area contributed by atoms with Gasteiger partial charge in [-0.25, -0.2) is 0 Å². The van der Waals surface area contributed by atoms with Gasteiger partial charge in [-0.1, -0.05) is 103 Å². The van der Waals surface area contributed by atoms with E-state index in [1.54, 1.807) is 0 Å². The van der Waals surface area contributed by atoms with Crippen molar-refractivity contribution < 1.29 is 9.53 Å². The molecular weight excluding hydrogens is 352 g/mol. The van der Waals surface area contributed by atoms with Gasteiger partial charge in [0.1, 0.15) is 6.61 Å². The van der Waals surface area contributed by atoms with Crippen LogP contribution in [-0.4, -0.2) is 18.3 Å². The molecule has 0 radical (unpaired) electrons. The quantitative estimate of drug-likeness (QED) is 0.0915. The van der Waals surface area contributed by atoms with E-state index in [9.17, 15) is 4.79 Å². The lowest BCUT2D eigenvalue weighted by atomic mass is 10.0. The molecule has 0 N–H and O–H groups in total. The van der Waals surface area contributed by atoms with E-state index in [2.05, 4.69) is 31.7 Å². The van der Waals surface area contributed by atoms with Crippen molar-refractivity contribution in [1.29, 1.82) is 0 Å². The van der Waals surface area contributed by atoms with Gasteiger partial charge in [0.05, 0.1) is 0 Å². The Morgan fingerprint density at radius 1 is 0.704 bits per heavy atom. The van der Waals surface area contributed by atoms with Crippen molar-refractivity contribution >= 4 is 18.6 Å². The van der Waals surface area contributed by atoms with Gasteiger partial charge in [-0.2, -0.15) is 12.6 Å². The summed E-state index contributed by atoms with van der Waals surface area (Å²) >= 11 is 4.02. The fourth-order valence-corrected chi connectivity index (χ4v) is 3.38. The van der Waals surface area contributed by atoms with Crippen molar-refractivity contribution in [1.82, 2.24) is 0 Å². The summed E-state index contributed by atoms with van der Waals surface area (Å²) in [5.41, 5.74) is 0. The van der Waals surface area contributed by atoms with E-state index in [1.165, 1.54) is 96.3 Å². The predicted molar refractivity (Wildman–Crippen MR) is 123 cm³/mol. The Morgan fingerprint density at radius 2 is 1.15 bits per heavy atom. The normalized spacial score (nSPS) is 11.3. The molecule has 0 aromatic carbocycles. The highest BCUT2D eigenvalue weighted by molar-refractivity contribution is 7.80. The van der Waals surface area contributed by atoms with Crippen molar-refractivity contribution in [2.24, 2.45) is 0 Å². The van der Waals surface area contributed by atoms with Crippen LogP contribution in [-0.2, 0) is 9.53 Å². The lowest BCUT2D eigenvalue weighted by molar-refractivity contribution is -0.143. The molecule has 0 saturated carbocycles. The number of ether oxygens (including phenoxy) is 1. The summed E-state index contributed by atoms with van der Waals surface area (Å²) in [5.74, 6) is 0.509. The van der Waals surface area contributed by atoms with E-state index >= 15 is 0 Å². The van der Waals surface area contributed by atoms with Crippen molar-refractivity contribution in [3.63, 3.8) is 0 Å². The summed E-state index contributed by atoms with van der Waals surface area (Å²) in [4.78, 5) is 11.3. The monoisotopic (exact) mass is 398 g/mol. The summed E-state index contributed by atoms with van der Waals surface area (Å²) in [6.07, 6.45) is 27.9. The van der Waals surface area contributed by atoms with Crippen molar-refractivity contribution in [3.8, 4) is 0 Å². The van der Waals surface area contributed by atoms with Crippen LogP contribution in [0.3, 0.4) is 0 Å². The van der Waals surface area contributed by atoms with Gasteiger partial charge in [-0.3, -0.25) is 4.79 Å². The van der Waals surface area contributed by atoms with E-state index < -0.39 is 0 Å². The lowest BCUT2D eigenvalue weighted by Crippen LogP contribution is -2.05. The van der Waals surface area contributed by atoms with Crippen LogP contribution in [0.25, 0.3) is 0 Å². The largest absolute Gasteiger partial charge is 0.465 e. The van der Waals surface area contributed by atoms with E-state index in [4.69, 9.17) is 4.74 Å². The smallest absolute Gasteiger partial charge is 0.305 e.